The first kappa shape index (κ1) is 15.1. The lowest BCUT2D eigenvalue weighted by Gasteiger charge is -2.15. The molecule has 106 valence electrons. The third-order valence-corrected chi connectivity index (χ3v) is 3.85. The fraction of sp³-hybridized carbons (Fsp3) is 0.333. The van der Waals surface area contributed by atoms with Gasteiger partial charge in [-0.2, -0.15) is 0 Å². The van der Waals surface area contributed by atoms with E-state index in [1.165, 1.54) is 16.7 Å². The smallest absolute Gasteiger partial charge is 0.0406 e. The zero-order valence-electron chi connectivity index (χ0n) is 12.2. The molecule has 2 aromatic rings. The van der Waals surface area contributed by atoms with Gasteiger partial charge in [-0.3, -0.25) is 0 Å². The zero-order valence-corrected chi connectivity index (χ0v) is 13.0. The predicted octanol–water partition coefficient (Wildman–Crippen LogP) is 4.62. The van der Waals surface area contributed by atoms with Gasteiger partial charge in [0.25, 0.3) is 0 Å². The molecule has 2 aromatic carbocycles. The fourth-order valence-electron chi connectivity index (χ4n) is 2.41. The Balaban J connectivity index is 1.88. The Morgan fingerprint density at radius 1 is 1.00 bits per heavy atom. The molecule has 20 heavy (non-hydrogen) atoms. The van der Waals surface area contributed by atoms with Crippen LogP contribution in [0.5, 0.6) is 0 Å². The molecule has 0 radical (unpaired) electrons. The van der Waals surface area contributed by atoms with Crippen molar-refractivity contribution in [2.45, 2.75) is 39.3 Å². The van der Waals surface area contributed by atoms with Crippen LogP contribution in [0.2, 0.25) is 5.02 Å². The lowest BCUT2D eigenvalue weighted by Crippen LogP contribution is -2.27. The van der Waals surface area contributed by atoms with E-state index in [4.69, 9.17) is 11.6 Å². The summed E-state index contributed by atoms with van der Waals surface area (Å²) in [5, 5.41) is 4.40. The standard InChI is InChI=1S/C18H22ClN/c1-3-16-6-4-5-7-17(16)13-20-14(2)12-15-8-10-18(19)11-9-15/h4-11,14,20H,3,12-13H2,1-2H3. The van der Waals surface area contributed by atoms with Gasteiger partial charge in [-0.1, -0.05) is 54.9 Å². The van der Waals surface area contributed by atoms with Gasteiger partial charge in [0.15, 0.2) is 0 Å². The molecule has 0 saturated carbocycles. The second kappa shape index (κ2) is 7.47. The van der Waals surface area contributed by atoms with E-state index in [2.05, 4.69) is 55.6 Å². The lowest BCUT2D eigenvalue weighted by atomic mass is 10.0. The van der Waals surface area contributed by atoms with E-state index in [1.807, 2.05) is 12.1 Å². The Bertz CT molecular complexity index is 533. The maximum Gasteiger partial charge on any atom is 0.0406 e. The highest BCUT2D eigenvalue weighted by atomic mass is 35.5. The van der Waals surface area contributed by atoms with E-state index in [-0.39, 0.29) is 0 Å². The van der Waals surface area contributed by atoms with Crippen molar-refractivity contribution in [1.82, 2.24) is 5.32 Å². The molecule has 0 heterocycles. The maximum absolute atomic E-state index is 5.91. The highest BCUT2D eigenvalue weighted by molar-refractivity contribution is 6.30. The topological polar surface area (TPSA) is 12.0 Å². The molecular weight excluding hydrogens is 266 g/mol. The average Bonchev–Trinajstić information content (AvgIpc) is 2.48. The van der Waals surface area contributed by atoms with E-state index >= 15 is 0 Å². The summed E-state index contributed by atoms with van der Waals surface area (Å²) in [6.45, 7) is 5.36. The molecule has 2 heteroatoms. The van der Waals surface area contributed by atoms with Gasteiger partial charge in [-0.25, -0.2) is 0 Å². The number of benzene rings is 2. The summed E-state index contributed by atoms with van der Waals surface area (Å²) in [4.78, 5) is 0. The van der Waals surface area contributed by atoms with Gasteiger partial charge in [-0.05, 0) is 48.6 Å². The van der Waals surface area contributed by atoms with E-state index in [0.717, 1.165) is 24.4 Å². The van der Waals surface area contributed by atoms with Crippen LogP contribution in [0.4, 0.5) is 0 Å². The summed E-state index contributed by atoms with van der Waals surface area (Å²) in [6, 6.07) is 17.2. The normalized spacial score (nSPS) is 12.3. The third-order valence-electron chi connectivity index (χ3n) is 3.60. The number of hydrogen-bond donors (Lipinski definition) is 1. The van der Waals surface area contributed by atoms with Gasteiger partial charge >= 0.3 is 0 Å². The number of hydrogen-bond acceptors (Lipinski definition) is 1. The van der Waals surface area contributed by atoms with Crippen molar-refractivity contribution in [2.24, 2.45) is 0 Å². The van der Waals surface area contributed by atoms with Crippen LogP contribution in [-0.4, -0.2) is 6.04 Å². The minimum atomic E-state index is 0.445. The number of halogens is 1. The summed E-state index contributed by atoms with van der Waals surface area (Å²) in [5.74, 6) is 0. The van der Waals surface area contributed by atoms with Crippen molar-refractivity contribution in [3.63, 3.8) is 0 Å². The van der Waals surface area contributed by atoms with Crippen molar-refractivity contribution in [1.29, 1.82) is 0 Å². The van der Waals surface area contributed by atoms with Crippen molar-refractivity contribution in [3.05, 3.63) is 70.2 Å². The van der Waals surface area contributed by atoms with Gasteiger partial charge in [0.2, 0.25) is 0 Å². The molecule has 1 atom stereocenters. The summed E-state index contributed by atoms with van der Waals surface area (Å²) >= 11 is 5.91. The van der Waals surface area contributed by atoms with Gasteiger partial charge in [0.1, 0.15) is 0 Å². The SMILES string of the molecule is CCc1ccccc1CNC(C)Cc1ccc(Cl)cc1. The molecule has 0 aromatic heterocycles. The predicted molar refractivity (Wildman–Crippen MR) is 87.3 cm³/mol. The van der Waals surface area contributed by atoms with Crippen LogP contribution in [-0.2, 0) is 19.4 Å². The number of aryl methyl sites for hydroxylation is 1. The molecule has 0 spiro atoms. The van der Waals surface area contributed by atoms with Gasteiger partial charge in [0.05, 0.1) is 0 Å². The van der Waals surface area contributed by atoms with Crippen LogP contribution in [0.3, 0.4) is 0 Å². The zero-order chi connectivity index (χ0) is 14.4. The van der Waals surface area contributed by atoms with Crippen LogP contribution in [0.1, 0.15) is 30.5 Å². The Kier molecular flexibility index (Phi) is 5.63. The Morgan fingerprint density at radius 2 is 1.65 bits per heavy atom. The summed E-state index contributed by atoms with van der Waals surface area (Å²) in [5.41, 5.74) is 4.15. The Morgan fingerprint density at radius 3 is 2.30 bits per heavy atom. The minimum Gasteiger partial charge on any atom is -0.310 e. The van der Waals surface area contributed by atoms with E-state index in [9.17, 15) is 0 Å². The number of nitrogens with one attached hydrogen (secondary N) is 1. The molecule has 0 amide bonds. The molecule has 1 nitrogen and oxygen atoms in total. The molecule has 0 saturated heterocycles. The highest BCUT2D eigenvalue weighted by Crippen LogP contribution is 2.12. The number of rotatable bonds is 6. The van der Waals surface area contributed by atoms with Gasteiger partial charge in [-0.15, -0.1) is 0 Å². The van der Waals surface area contributed by atoms with E-state index in [0.29, 0.717) is 6.04 Å². The Labute approximate surface area is 127 Å². The molecule has 2 rings (SSSR count). The molecular formula is C18H22ClN. The van der Waals surface area contributed by atoms with Crippen molar-refractivity contribution in [2.75, 3.05) is 0 Å². The molecule has 1 unspecified atom stereocenters. The molecule has 0 fully saturated rings. The fourth-order valence-corrected chi connectivity index (χ4v) is 2.53. The lowest BCUT2D eigenvalue weighted by molar-refractivity contribution is 0.544. The average molecular weight is 288 g/mol. The molecule has 1 N–H and O–H groups in total. The molecule has 0 aliphatic rings. The largest absolute Gasteiger partial charge is 0.310 e. The van der Waals surface area contributed by atoms with Crippen molar-refractivity contribution < 1.29 is 0 Å². The van der Waals surface area contributed by atoms with Crippen LogP contribution in [0, 0.1) is 0 Å². The minimum absolute atomic E-state index is 0.445. The van der Waals surface area contributed by atoms with Crippen molar-refractivity contribution >= 4 is 11.6 Å². The van der Waals surface area contributed by atoms with Crippen LogP contribution >= 0.6 is 11.6 Å². The maximum atomic E-state index is 5.91. The van der Waals surface area contributed by atoms with E-state index in [1.54, 1.807) is 0 Å². The van der Waals surface area contributed by atoms with E-state index < -0.39 is 0 Å². The van der Waals surface area contributed by atoms with Crippen LogP contribution in [0.15, 0.2) is 48.5 Å². The molecule has 0 bridgehead atoms. The van der Waals surface area contributed by atoms with Crippen LogP contribution in [0.25, 0.3) is 0 Å². The Hall–Kier alpha value is -1.31. The first-order chi connectivity index (χ1) is 9.69. The monoisotopic (exact) mass is 287 g/mol. The quantitative estimate of drug-likeness (QED) is 0.817. The first-order valence-electron chi connectivity index (χ1n) is 7.23. The van der Waals surface area contributed by atoms with Gasteiger partial charge in [0, 0.05) is 17.6 Å². The highest BCUT2D eigenvalue weighted by Gasteiger charge is 2.05. The second-order valence-electron chi connectivity index (χ2n) is 5.23. The molecule has 0 aliphatic heterocycles. The first-order valence-corrected chi connectivity index (χ1v) is 7.61. The summed E-state index contributed by atoms with van der Waals surface area (Å²) < 4.78 is 0. The third kappa shape index (κ3) is 4.36. The summed E-state index contributed by atoms with van der Waals surface area (Å²) in [7, 11) is 0. The van der Waals surface area contributed by atoms with Crippen LogP contribution < -0.4 is 5.32 Å². The molecule has 0 aliphatic carbocycles. The second-order valence-corrected chi connectivity index (χ2v) is 5.67. The van der Waals surface area contributed by atoms with Crippen molar-refractivity contribution in [3.8, 4) is 0 Å². The van der Waals surface area contributed by atoms with Gasteiger partial charge < -0.3 is 5.32 Å². The summed E-state index contributed by atoms with van der Waals surface area (Å²) in [6.07, 6.45) is 2.11.